The molecule has 1 heterocycles. The van der Waals surface area contributed by atoms with Gasteiger partial charge in [0.05, 0.1) is 4.47 Å². The van der Waals surface area contributed by atoms with Crippen LogP contribution in [-0.4, -0.2) is 28.0 Å². The van der Waals surface area contributed by atoms with Gasteiger partial charge in [0, 0.05) is 10.7 Å². The van der Waals surface area contributed by atoms with Gasteiger partial charge >= 0.3 is 5.97 Å². The first-order valence-electron chi connectivity index (χ1n) is 5.30. The highest BCUT2D eigenvalue weighted by atomic mass is 79.9. The third-order valence-electron chi connectivity index (χ3n) is 2.20. The van der Waals surface area contributed by atoms with Crippen molar-refractivity contribution in [2.45, 2.75) is 25.8 Å². The minimum absolute atomic E-state index is 0.167. The summed E-state index contributed by atoms with van der Waals surface area (Å²) in [6.07, 6.45) is 2.54. The summed E-state index contributed by atoms with van der Waals surface area (Å²) < 4.78 is 1.24. The Labute approximate surface area is 121 Å². The van der Waals surface area contributed by atoms with Crippen molar-refractivity contribution in [1.29, 1.82) is 0 Å². The Morgan fingerprint density at radius 1 is 1.50 bits per heavy atom. The SMILES string of the molecule is CCCC(NC(=O)c1ncc(Br)cc1Br)C(=O)O. The van der Waals surface area contributed by atoms with Crippen molar-refractivity contribution in [2.75, 3.05) is 0 Å². The molecule has 1 aromatic heterocycles. The van der Waals surface area contributed by atoms with Gasteiger partial charge in [-0.2, -0.15) is 0 Å². The molecule has 1 unspecified atom stereocenters. The maximum absolute atomic E-state index is 11.9. The lowest BCUT2D eigenvalue weighted by atomic mass is 10.1. The van der Waals surface area contributed by atoms with Gasteiger partial charge in [-0.05, 0) is 44.3 Å². The van der Waals surface area contributed by atoms with Gasteiger partial charge in [-0.25, -0.2) is 9.78 Å². The summed E-state index contributed by atoms with van der Waals surface area (Å²) in [5.74, 6) is -1.55. The third-order valence-corrected chi connectivity index (χ3v) is 3.24. The molecule has 0 saturated carbocycles. The molecule has 0 aliphatic heterocycles. The van der Waals surface area contributed by atoms with Gasteiger partial charge < -0.3 is 10.4 Å². The van der Waals surface area contributed by atoms with E-state index < -0.39 is 17.9 Å². The number of carboxylic acid groups (broad SMARTS) is 1. The number of pyridine rings is 1. The van der Waals surface area contributed by atoms with E-state index in [0.717, 1.165) is 4.47 Å². The third kappa shape index (κ3) is 4.06. The number of carboxylic acids is 1. The smallest absolute Gasteiger partial charge is 0.326 e. The van der Waals surface area contributed by atoms with E-state index in [-0.39, 0.29) is 5.69 Å². The monoisotopic (exact) mass is 378 g/mol. The predicted octanol–water partition coefficient (Wildman–Crippen LogP) is 2.59. The van der Waals surface area contributed by atoms with Gasteiger partial charge in [-0.15, -0.1) is 0 Å². The first kappa shape index (κ1) is 15.1. The second-order valence-electron chi connectivity index (χ2n) is 3.64. The molecule has 18 heavy (non-hydrogen) atoms. The number of rotatable bonds is 5. The van der Waals surface area contributed by atoms with Crippen LogP contribution in [0, 0.1) is 0 Å². The highest BCUT2D eigenvalue weighted by Crippen LogP contribution is 2.19. The van der Waals surface area contributed by atoms with E-state index in [1.165, 1.54) is 6.20 Å². The summed E-state index contributed by atoms with van der Waals surface area (Å²) in [6, 6.07) is 0.789. The molecule has 7 heteroatoms. The molecule has 1 amide bonds. The van der Waals surface area contributed by atoms with Gasteiger partial charge in [0.2, 0.25) is 0 Å². The van der Waals surface area contributed by atoms with Crippen molar-refractivity contribution >= 4 is 43.7 Å². The first-order valence-corrected chi connectivity index (χ1v) is 6.89. The van der Waals surface area contributed by atoms with Crippen molar-refractivity contribution in [2.24, 2.45) is 0 Å². The van der Waals surface area contributed by atoms with Crippen LogP contribution in [0.5, 0.6) is 0 Å². The molecule has 0 aliphatic carbocycles. The summed E-state index contributed by atoms with van der Waals surface area (Å²) >= 11 is 6.44. The van der Waals surface area contributed by atoms with Crippen LogP contribution in [0.1, 0.15) is 30.3 Å². The van der Waals surface area contributed by atoms with Crippen molar-refractivity contribution in [1.82, 2.24) is 10.3 Å². The lowest BCUT2D eigenvalue weighted by molar-refractivity contribution is -0.139. The van der Waals surface area contributed by atoms with E-state index in [2.05, 4.69) is 42.2 Å². The fraction of sp³-hybridized carbons (Fsp3) is 0.364. The predicted molar refractivity (Wildman–Crippen MR) is 73.4 cm³/mol. The molecule has 2 N–H and O–H groups in total. The van der Waals surface area contributed by atoms with Crippen LogP contribution in [0.2, 0.25) is 0 Å². The minimum atomic E-state index is -1.04. The summed E-state index contributed by atoms with van der Waals surface area (Å²) in [5.41, 5.74) is 0.167. The number of carbonyl (C=O) groups excluding carboxylic acids is 1. The summed E-state index contributed by atoms with van der Waals surface area (Å²) in [7, 11) is 0. The van der Waals surface area contributed by atoms with E-state index in [1.54, 1.807) is 6.07 Å². The lowest BCUT2D eigenvalue weighted by Gasteiger charge is -2.13. The van der Waals surface area contributed by atoms with Gasteiger partial charge in [0.15, 0.2) is 0 Å². The fourth-order valence-corrected chi connectivity index (χ4v) is 2.52. The molecule has 0 saturated heterocycles. The van der Waals surface area contributed by atoms with Crippen molar-refractivity contribution in [3.63, 3.8) is 0 Å². The summed E-state index contributed by atoms with van der Waals surface area (Å²) in [4.78, 5) is 26.8. The Hall–Kier alpha value is -0.950. The number of amides is 1. The maximum Gasteiger partial charge on any atom is 0.326 e. The molecule has 0 aromatic carbocycles. The Balaban J connectivity index is 2.83. The maximum atomic E-state index is 11.9. The fourth-order valence-electron chi connectivity index (χ4n) is 1.35. The van der Waals surface area contributed by atoms with Crippen molar-refractivity contribution in [3.05, 3.63) is 26.9 Å². The Morgan fingerprint density at radius 2 is 2.17 bits per heavy atom. The molecule has 1 rings (SSSR count). The molecule has 0 aliphatic rings. The molecular formula is C11H12Br2N2O3. The van der Waals surface area contributed by atoms with Gasteiger partial charge in [-0.3, -0.25) is 4.79 Å². The van der Waals surface area contributed by atoms with E-state index in [1.807, 2.05) is 6.92 Å². The molecular weight excluding hydrogens is 368 g/mol. The van der Waals surface area contributed by atoms with E-state index >= 15 is 0 Å². The molecule has 98 valence electrons. The van der Waals surface area contributed by atoms with Crippen molar-refractivity contribution < 1.29 is 14.7 Å². The van der Waals surface area contributed by atoms with Gasteiger partial charge in [0.25, 0.3) is 5.91 Å². The van der Waals surface area contributed by atoms with Gasteiger partial charge in [0.1, 0.15) is 11.7 Å². The number of nitrogens with zero attached hydrogens (tertiary/aromatic N) is 1. The highest BCUT2D eigenvalue weighted by molar-refractivity contribution is 9.11. The number of hydrogen-bond acceptors (Lipinski definition) is 3. The zero-order chi connectivity index (χ0) is 13.7. The van der Waals surface area contributed by atoms with Crippen LogP contribution < -0.4 is 5.32 Å². The zero-order valence-electron chi connectivity index (χ0n) is 9.61. The largest absolute Gasteiger partial charge is 0.480 e. The summed E-state index contributed by atoms with van der Waals surface area (Å²) in [5, 5.41) is 11.4. The van der Waals surface area contributed by atoms with Crippen LogP contribution in [0.25, 0.3) is 0 Å². The number of nitrogens with one attached hydrogen (secondary N) is 1. The Bertz CT molecular complexity index is 466. The molecule has 1 atom stereocenters. The topological polar surface area (TPSA) is 79.3 Å². The number of carbonyl (C=O) groups is 2. The normalized spacial score (nSPS) is 11.9. The van der Waals surface area contributed by atoms with Crippen LogP contribution in [-0.2, 0) is 4.79 Å². The van der Waals surface area contributed by atoms with E-state index in [0.29, 0.717) is 17.3 Å². The number of aromatic nitrogens is 1. The van der Waals surface area contributed by atoms with Gasteiger partial charge in [-0.1, -0.05) is 13.3 Å². The van der Waals surface area contributed by atoms with E-state index in [4.69, 9.17) is 5.11 Å². The second-order valence-corrected chi connectivity index (χ2v) is 5.41. The number of aliphatic carboxylic acids is 1. The van der Waals surface area contributed by atoms with E-state index in [9.17, 15) is 9.59 Å². The quantitative estimate of drug-likeness (QED) is 0.823. The molecule has 0 spiro atoms. The standard InChI is InChI=1S/C11H12Br2N2O3/c1-2-3-8(11(17)18)15-10(16)9-7(13)4-6(12)5-14-9/h4-5,8H,2-3H2,1H3,(H,15,16)(H,17,18). The van der Waals surface area contributed by atoms with Crippen LogP contribution in [0.4, 0.5) is 0 Å². The number of halogens is 2. The molecule has 0 bridgehead atoms. The first-order chi connectivity index (χ1) is 8.45. The van der Waals surface area contributed by atoms with Crippen LogP contribution in [0.3, 0.4) is 0 Å². The average Bonchev–Trinajstić information content (AvgIpc) is 2.27. The lowest BCUT2D eigenvalue weighted by Crippen LogP contribution is -2.41. The Morgan fingerprint density at radius 3 is 2.67 bits per heavy atom. The Kier molecular flexibility index (Phi) is 5.74. The van der Waals surface area contributed by atoms with Crippen LogP contribution >= 0.6 is 31.9 Å². The summed E-state index contributed by atoms with van der Waals surface area (Å²) in [6.45, 7) is 1.86. The zero-order valence-corrected chi connectivity index (χ0v) is 12.8. The number of hydrogen-bond donors (Lipinski definition) is 2. The van der Waals surface area contributed by atoms with Crippen LogP contribution in [0.15, 0.2) is 21.2 Å². The molecule has 0 radical (unpaired) electrons. The molecule has 1 aromatic rings. The average molecular weight is 380 g/mol. The molecule has 0 fully saturated rings. The molecule has 5 nitrogen and oxygen atoms in total. The highest BCUT2D eigenvalue weighted by Gasteiger charge is 2.21. The second kappa shape index (κ2) is 6.84. The van der Waals surface area contributed by atoms with Crippen molar-refractivity contribution in [3.8, 4) is 0 Å². The minimum Gasteiger partial charge on any atom is -0.480 e.